The predicted molar refractivity (Wildman–Crippen MR) is 177 cm³/mol. The van der Waals surface area contributed by atoms with Crippen LogP contribution in [0.2, 0.25) is 0 Å². The second-order valence-electron chi connectivity index (χ2n) is 11.2. The minimum absolute atomic E-state index is 0.0337. The first kappa shape index (κ1) is 29.3. The van der Waals surface area contributed by atoms with Crippen LogP contribution >= 0.6 is 11.3 Å². The zero-order valence-electron chi connectivity index (χ0n) is 25.4. The van der Waals surface area contributed by atoms with E-state index in [1.807, 2.05) is 95.5 Å². The van der Waals surface area contributed by atoms with Gasteiger partial charge in [-0.2, -0.15) is 5.10 Å². The maximum Gasteiger partial charge on any atom is 0.268 e. The summed E-state index contributed by atoms with van der Waals surface area (Å²) in [7, 11) is 0. The molecule has 3 aromatic heterocycles. The van der Waals surface area contributed by atoms with Crippen LogP contribution < -0.4 is 5.56 Å². The van der Waals surface area contributed by atoms with Crippen LogP contribution in [0, 0.1) is 27.7 Å². The SMILES string of the molecule is Cc1cccc(-n2nc(-c3c(C)nc4scc(CC(=O)N(CCc5ccccc5)Cc5ccccc5)n4c3=O)cc2C)c1C. The molecule has 0 atom stereocenters. The van der Waals surface area contributed by atoms with Gasteiger partial charge in [-0.3, -0.25) is 14.0 Å². The minimum atomic E-state index is -0.207. The first-order valence-corrected chi connectivity index (χ1v) is 15.7. The molecule has 0 aliphatic rings. The minimum Gasteiger partial charge on any atom is -0.338 e. The highest BCUT2D eigenvalue weighted by atomic mass is 32.1. The van der Waals surface area contributed by atoms with Gasteiger partial charge >= 0.3 is 0 Å². The Morgan fingerprint density at radius 1 is 0.886 bits per heavy atom. The van der Waals surface area contributed by atoms with Crippen molar-refractivity contribution >= 4 is 22.2 Å². The van der Waals surface area contributed by atoms with Gasteiger partial charge in [0.15, 0.2) is 4.96 Å². The van der Waals surface area contributed by atoms with Crippen molar-refractivity contribution in [3.63, 3.8) is 0 Å². The van der Waals surface area contributed by atoms with Crippen LogP contribution in [0.5, 0.6) is 0 Å². The van der Waals surface area contributed by atoms with Gasteiger partial charge in [0, 0.05) is 29.9 Å². The Morgan fingerprint density at radius 3 is 2.32 bits per heavy atom. The first-order chi connectivity index (χ1) is 21.3. The van der Waals surface area contributed by atoms with E-state index >= 15 is 0 Å². The van der Waals surface area contributed by atoms with Crippen LogP contribution in [-0.4, -0.2) is 36.5 Å². The van der Waals surface area contributed by atoms with Gasteiger partial charge in [0.2, 0.25) is 5.91 Å². The number of amides is 1. The molecular weight excluding hydrogens is 566 g/mol. The molecule has 0 spiro atoms. The zero-order valence-corrected chi connectivity index (χ0v) is 26.3. The third-order valence-corrected chi connectivity index (χ3v) is 9.06. The van der Waals surface area contributed by atoms with Crippen molar-refractivity contribution in [3.05, 3.63) is 140 Å². The zero-order chi connectivity index (χ0) is 30.8. The molecule has 0 saturated carbocycles. The van der Waals surface area contributed by atoms with E-state index in [1.54, 1.807) is 4.40 Å². The van der Waals surface area contributed by atoms with E-state index in [0.29, 0.717) is 40.7 Å². The molecule has 6 aromatic rings. The van der Waals surface area contributed by atoms with Crippen molar-refractivity contribution in [2.24, 2.45) is 0 Å². The largest absolute Gasteiger partial charge is 0.338 e. The lowest BCUT2D eigenvalue weighted by Gasteiger charge is -2.23. The molecule has 3 aromatic carbocycles. The summed E-state index contributed by atoms with van der Waals surface area (Å²) in [4.78, 5) is 35.2. The van der Waals surface area contributed by atoms with Crippen molar-refractivity contribution in [3.8, 4) is 16.9 Å². The topological polar surface area (TPSA) is 72.5 Å². The number of hydrogen-bond acceptors (Lipinski definition) is 5. The molecular formula is C36H35N5O2S. The molecule has 6 rings (SSSR count). The van der Waals surface area contributed by atoms with E-state index in [0.717, 1.165) is 28.9 Å². The molecule has 8 heteroatoms. The van der Waals surface area contributed by atoms with Gasteiger partial charge in [0.05, 0.1) is 23.4 Å². The lowest BCUT2D eigenvalue weighted by molar-refractivity contribution is -0.131. The molecule has 0 fully saturated rings. The summed E-state index contributed by atoms with van der Waals surface area (Å²) in [5.74, 6) is -0.0337. The Labute approximate surface area is 261 Å². The van der Waals surface area contributed by atoms with Gasteiger partial charge in [-0.1, -0.05) is 72.8 Å². The fourth-order valence-electron chi connectivity index (χ4n) is 5.60. The van der Waals surface area contributed by atoms with Gasteiger partial charge in [-0.05, 0) is 68.5 Å². The van der Waals surface area contributed by atoms with Crippen molar-refractivity contribution in [2.45, 2.75) is 47.1 Å². The standard InChI is InChI=1S/C36H35N5O2S/c1-24-12-11-17-32(26(24)3)41-25(2)20-31(38-41)34-27(4)37-36-40(35(34)43)30(23-44-36)21-33(42)39(22-29-15-9-6-10-16-29)19-18-28-13-7-5-8-14-28/h5-17,20,23H,18-19,21-22H2,1-4H3. The summed E-state index contributed by atoms with van der Waals surface area (Å²) in [6.07, 6.45) is 0.846. The average molecular weight is 602 g/mol. The summed E-state index contributed by atoms with van der Waals surface area (Å²) in [5, 5.41) is 6.75. The number of aromatic nitrogens is 4. The summed E-state index contributed by atoms with van der Waals surface area (Å²) in [6, 6.07) is 28.3. The number of carbonyl (C=O) groups is 1. The Kier molecular flexibility index (Phi) is 8.26. The average Bonchev–Trinajstić information content (AvgIpc) is 3.60. The van der Waals surface area contributed by atoms with Crippen molar-refractivity contribution in [1.82, 2.24) is 24.1 Å². The lowest BCUT2D eigenvalue weighted by Crippen LogP contribution is -2.34. The first-order valence-electron chi connectivity index (χ1n) is 14.8. The number of benzene rings is 3. The Morgan fingerprint density at radius 2 is 1.59 bits per heavy atom. The number of rotatable bonds is 9. The number of nitrogens with zero attached hydrogens (tertiary/aromatic N) is 5. The molecule has 0 bridgehead atoms. The van der Waals surface area contributed by atoms with Crippen LogP contribution in [0.25, 0.3) is 21.9 Å². The van der Waals surface area contributed by atoms with E-state index in [-0.39, 0.29) is 17.9 Å². The maximum absolute atomic E-state index is 14.1. The van der Waals surface area contributed by atoms with Gasteiger partial charge in [0.25, 0.3) is 5.56 Å². The number of hydrogen-bond donors (Lipinski definition) is 0. The second kappa shape index (κ2) is 12.4. The number of carbonyl (C=O) groups excluding carboxylic acids is 1. The summed E-state index contributed by atoms with van der Waals surface area (Å²) >= 11 is 1.38. The highest BCUT2D eigenvalue weighted by Crippen LogP contribution is 2.25. The highest BCUT2D eigenvalue weighted by Gasteiger charge is 2.22. The van der Waals surface area contributed by atoms with Gasteiger partial charge in [-0.15, -0.1) is 11.3 Å². The molecule has 0 radical (unpaired) electrons. The molecule has 0 aliphatic carbocycles. The van der Waals surface area contributed by atoms with Gasteiger partial charge < -0.3 is 4.90 Å². The van der Waals surface area contributed by atoms with Crippen LogP contribution in [0.15, 0.2) is 95.1 Å². The van der Waals surface area contributed by atoms with Crippen LogP contribution in [0.4, 0.5) is 0 Å². The monoisotopic (exact) mass is 601 g/mol. The summed E-state index contributed by atoms with van der Waals surface area (Å²) < 4.78 is 3.48. The van der Waals surface area contributed by atoms with E-state index in [1.165, 1.54) is 22.5 Å². The second-order valence-corrected chi connectivity index (χ2v) is 12.1. The molecule has 0 aliphatic heterocycles. The third-order valence-electron chi connectivity index (χ3n) is 8.18. The molecule has 3 heterocycles. The van der Waals surface area contributed by atoms with Crippen molar-refractivity contribution in [1.29, 1.82) is 0 Å². The Bertz CT molecular complexity index is 2010. The van der Waals surface area contributed by atoms with Crippen LogP contribution in [-0.2, 0) is 24.2 Å². The maximum atomic E-state index is 14.1. The van der Waals surface area contributed by atoms with E-state index in [2.05, 4.69) is 32.0 Å². The predicted octanol–water partition coefficient (Wildman–Crippen LogP) is 6.66. The van der Waals surface area contributed by atoms with Gasteiger partial charge in [0.1, 0.15) is 5.69 Å². The van der Waals surface area contributed by atoms with E-state index in [9.17, 15) is 9.59 Å². The fraction of sp³-hybridized carbons (Fsp3) is 0.222. The van der Waals surface area contributed by atoms with Crippen molar-refractivity contribution in [2.75, 3.05) is 6.54 Å². The lowest BCUT2D eigenvalue weighted by atomic mass is 10.1. The number of fused-ring (bicyclic) bond motifs is 1. The smallest absolute Gasteiger partial charge is 0.268 e. The molecule has 0 saturated heterocycles. The third kappa shape index (κ3) is 5.85. The van der Waals surface area contributed by atoms with Crippen LogP contribution in [0.3, 0.4) is 0 Å². The molecule has 0 unspecified atom stereocenters. The quantitative estimate of drug-likeness (QED) is 0.186. The van der Waals surface area contributed by atoms with E-state index < -0.39 is 0 Å². The molecule has 44 heavy (non-hydrogen) atoms. The molecule has 7 nitrogen and oxygen atoms in total. The van der Waals surface area contributed by atoms with Crippen LogP contribution in [0.1, 0.15) is 39.3 Å². The number of thiazole rings is 1. The highest BCUT2D eigenvalue weighted by molar-refractivity contribution is 7.15. The fourth-order valence-corrected chi connectivity index (χ4v) is 6.53. The number of aryl methyl sites for hydroxylation is 3. The molecule has 0 N–H and O–H groups in total. The Balaban J connectivity index is 1.33. The summed E-state index contributed by atoms with van der Waals surface area (Å²) in [6.45, 7) is 9.07. The van der Waals surface area contributed by atoms with Crippen molar-refractivity contribution < 1.29 is 4.79 Å². The van der Waals surface area contributed by atoms with Gasteiger partial charge in [-0.25, -0.2) is 9.67 Å². The van der Waals surface area contributed by atoms with E-state index in [4.69, 9.17) is 10.1 Å². The Hall–Kier alpha value is -4.82. The molecule has 1 amide bonds. The normalized spacial score (nSPS) is 11.3. The molecule has 222 valence electrons. The summed E-state index contributed by atoms with van der Waals surface area (Å²) in [5.41, 5.74) is 8.54.